The zero-order valence-corrected chi connectivity index (χ0v) is 10.6. The van der Waals surface area contributed by atoms with Crippen LogP contribution in [0.5, 0.6) is 0 Å². The quantitative estimate of drug-likeness (QED) is 0.700. The molecule has 0 atom stereocenters. The molecule has 0 spiro atoms. The van der Waals surface area contributed by atoms with Crippen molar-refractivity contribution in [2.24, 2.45) is 0 Å². The average molecular weight is 250 g/mol. The first-order chi connectivity index (χ1) is 8.59. The molecule has 0 fully saturated rings. The minimum Gasteiger partial charge on any atom is -0.397 e. The summed E-state index contributed by atoms with van der Waals surface area (Å²) in [7, 11) is 0. The second kappa shape index (κ2) is 4.81. The third-order valence-corrected chi connectivity index (χ3v) is 3.37. The van der Waals surface area contributed by atoms with Gasteiger partial charge in [-0.3, -0.25) is 0 Å². The maximum absolute atomic E-state index is 10.2. The van der Waals surface area contributed by atoms with Gasteiger partial charge in [0.25, 0.3) is 0 Å². The van der Waals surface area contributed by atoms with Gasteiger partial charge < -0.3 is 16.2 Å². The molecule has 1 heterocycles. The van der Waals surface area contributed by atoms with E-state index in [1.807, 2.05) is 19.9 Å². The fraction of sp³-hybridized carbons (Fsp3) is 0.500. The van der Waals surface area contributed by atoms with Crippen LogP contribution in [-0.4, -0.2) is 27.6 Å². The molecule has 0 aliphatic rings. The molecule has 0 unspecified atom stereocenters. The molecule has 0 aliphatic heterocycles. The number of nitrogen functional groups attached to an aromatic ring is 1. The highest BCUT2D eigenvalue weighted by atomic mass is 16.6. The Morgan fingerprint density at radius 3 is 2.61 bits per heavy atom. The van der Waals surface area contributed by atoms with Crippen molar-refractivity contribution in [3.8, 4) is 0 Å². The molecule has 98 valence electrons. The van der Waals surface area contributed by atoms with Crippen molar-refractivity contribution in [1.29, 1.82) is 0 Å². The van der Waals surface area contributed by atoms with Crippen LogP contribution in [0.25, 0.3) is 11.0 Å². The van der Waals surface area contributed by atoms with Gasteiger partial charge in [0.15, 0.2) is 11.0 Å². The van der Waals surface area contributed by atoms with Crippen LogP contribution in [0.2, 0.25) is 0 Å². The molecular formula is C12H18N4O2. The van der Waals surface area contributed by atoms with Crippen molar-refractivity contribution in [2.45, 2.75) is 32.3 Å². The van der Waals surface area contributed by atoms with E-state index in [-0.39, 0.29) is 0 Å². The first-order valence-electron chi connectivity index (χ1n) is 6.06. The summed E-state index contributed by atoms with van der Waals surface area (Å²) in [5.41, 5.74) is 7.46. The summed E-state index contributed by atoms with van der Waals surface area (Å²) >= 11 is 0. The van der Waals surface area contributed by atoms with Crippen LogP contribution in [-0.2, 0) is 0 Å². The lowest BCUT2D eigenvalue weighted by Gasteiger charge is -2.25. The van der Waals surface area contributed by atoms with Crippen molar-refractivity contribution in [3.63, 3.8) is 0 Å². The molecule has 6 heteroatoms. The van der Waals surface area contributed by atoms with Gasteiger partial charge in [0.1, 0.15) is 0 Å². The highest BCUT2D eigenvalue weighted by Gasteiger charge is 2.22. The normalized spacial score (nSPS) is 11.9. The Bertz CT molecular complexity index is 534. The summed E-state index contributed by atoms with van der Waals surface area (Å²) in [4.78, 5) is 0. The van der Waals surface area contributed by atoms with Gasteiger partial charge in [-0.2, -0.15) is 0 Å². The molecule has 2 aromatic rings. The fourth-order valence-corrected chi connectivity index (χ4v) is 1.79. The van der Waals surface area contributed by atoms with Crippen LogP contribution in [0, 0.1) is 0 Å². The highest BCUT2D eigenvalue weighted by Crippen LogP contribution is 2.26. The van der Waals surface area contributed by atoms with E-state index in [9.17, 15) is 5.11 Å². The molecule has 0 radical (unpaired) electrons. The Labute approximate surface area is 105 Å². The third kappa shape index (κ3) is 2.24. The van der Waals surface area contributed by atoms with Crippen molar-refractivity contribution in [2.75, 3.05) is 17.6 Å². The minimum absolute atomic E-state index is 0.450. The minimum atomic E-state index is -0.717. The third-order valence-electron chi connectivity index (χ3n) is 3.37. The number of hydrogen-bond donors (Lipinski definition) is 3. The van der Waals surface area contributed by atoms with E-state index in [2.05, 4.69) is 20.3 Å². The maximum Gasteiger partial charge on any atom is 0.160 e. The molecule has 1 aromatic heterocycles. The lowest BCUT2D eigenvalue weighted by molar-refractivity contribution is 0.0457. The number of aliphatic hydroxyl groups is 1. The first kappa shape index (κ1) is 12.6. The number of anilines is 2. The second-order valence-corrected chi connectivity index (χ2v) is 4.45. The SMILES string of the molecule is CCC(O)(CC)CNc1ccc(N)c2nonc12. The number of hydrogen-bond acceptors (Lipinski definition) is 6. The summed E-state index contributed by atoms with van der Waals surface area (Å²) in [5.74, 6) is 0. The zero-order valence-electron chi connectivity index (χ0n) is 10.6. The van der Waals surface area contributed by atoms with Crippen LogP contribution < -0.4 is 11.1 Å². The van der Waals surface area contributed by atoms with E-state index in [1.165, 1.54) is 0 Å². The fourth-order valence-electron chi connectivity index (χ4n) is 1.79. The van der Waals surface area contributed by atoms with Crippen molar-refractivity contribution < 1.29 is 9.74 Å². The van der Waals surface area contributed by atoms with Gasteiger partial charge in [-0.1, -0.05) is 13.8 Å². The number of benzene rings is 1. The number of nitrogens with zero attached hydrogens (tertiary/aromatic N) is 2. The van der Waals surface area contributed by atoms with Crippen LogP contribution >= 0.6 is 0 Å². The largest absolute Gasteiger partial charge is 0.397 e. The molecule has 1 aromatic carbocycles. The molecule has 0 amide bonds. The molecule has 0 bridgehead atoms. The van der Waals surface area contributed by atoms with E-state index in [4.69, 9.17) is 5.73 Å². The first-order valence-corrected chi connectivity index (χ1v) is 6.06. The Kier molecular flexibility index (Phi) is 3.38. The number of fused-ring (bicyclic) bond motifs is 1. The van der Waals surface area contributed by atoms with E-state index >= 15 is 0 Å². The lowest BCUT2D eigenvalue weighted by atomic mass is 9.97. The van der Waals surface area contributed by atoms with Crippen LogP contribution in [0.4, 0.5) is 11.4 Å². The number of aromatic nitrogens is 2. The van der Waals surface area contributed by atoms with Gasteiger partial charge >= 0.3 is 0 Å². The van der Waals surface area contributed by atoms with E-state index in [1.54, 1.807) is 6.07 Å². The highest BCUT2D eigenvalue weighted by molar-refractivity contribution is 5.94. The standard InChI is InChI=1S/C12H18N4O2/c1-3-12(17,4-2)7-14-9-6-5-8(13)10-11(9)16-18-15-10/h5-6,14,17H,3-4,7,13H2,1-2H3. The van der Waals surface area contributed by atoms with Crippen molar-refractivity contribution in [1.82, 2.24) is 10.3 Å². The van der Waals surface area contributed by atoms with Gasteiger partial charge in [0.2, 0.25) is 0 Å². The van der Waals surface area contributed by atoms with E-state index in [0.29, 0.717) is 36.1 Å². The number of nitrogens with one attached hydrogen (secondary N) is 1. The van der Waals surface area contributed by atoms with Gasteiger partial charge in [-0.15, -0.1) is 0 Å². The number of nitrogens with two attached hydrogens (primary N) is 1. The van der Waals surface area contributed by atoms with Gasteiger partial charge in [-0.25, -0.2) is 4.63 Å². The van der Waals surface area contributed by atoms with Crippen molar-refractivity contribution in [3.05, 3.63) is 12.1 Å². The van der Waals surface area contributed by atoms with Crippen LogP contribution in [0.3, 0.4) is 0 Å². The van der Waals surface area contributed by atoms with E-state index in [0.717, 1.165) is 5.69 Å². The average Bonchev–Trinajstić information content (AvgIpc) is 2.88. The molecule has 0 saturated heterocycles. The summed E-state index contributed by atoms with van der Waals surface area (Å²) in [6, 6.07) is 3.55. The number of rotatable bonds is 5. The molecular weight excluding hydrogens is 232 g/mol. The lowest BCUT2D eigenvalue weighted by Crippen LogP contribution is -2.35. The Morgan fingerprint density at radius 2 is 1.94 bits per heavy atom. The molecule has 0 saturated carbocycles. The molecule has 18 heavy (non-hydrogen) atoms. The summed E-state index contributed by atoms with van der Waals surface area (Å²) in [5, 5.41) is 21.0. The summed E-state index contributed by atoms with van der Waals surface area (Å²) < 4.78 is 4.69. The maximum atomic E-state index is 10.2. The molecule has 2 rings (SSSR count). The Hall–Kier alpha value is -1.82. The topological polar surface area (TPSA) is 97.2 Å². The predicted molar refractivity (Wildman–Crippen MR) is 70.2 cm³/mol. The Morgan fingerprint density at radius 1 is 1.28 bits per heavy atom. The van der Waals surface area contributed by atoms with Gasteiger partial charge in [0, 0.05) is 6.54 Å². The monoisotopic (exact) mass is 250 g/mol. The zero-order chi connectivity index (χ0) is 13.2. The van der Waals surface area contributed by atoms with Crippen LogP contribution in [0.1, 0.15) is 26.7 Å². The predicted octanol–water partition coefficient (Wildman–Crippen LogP) is 1.77. The van der Waals surface area contributed by atoms with E-state index < -0.39 is 5.60 Å². The van der Waals surface area contributed by atoms with Gasteiger partial charge in [-0.05, 0) is 35.3 Å². The van der Waals surface area contributed by atoms with Gasteiger partial charge in [0.05, 0.1) is 17.0 Å². The summed E-state index contributed by atoms with van der Waals surface area (Å²) in [6.45, 7) is 4.37. The smallest absolute Gasteiger partial charge is 0.160 e. The summed E-state index contributed by atoms with van der Waals surface area (Å²) in [6.07, 6.45) is 1.37. The molecule has 6 nitrogen and oxygen atoms in total. The Balaban J connectivity index is 2.22. The van der Waals surface area contributed by atoms with Crippen molar-refractivity contribution >= 4 is 22.4 Å². The molecule has 4 N–H and O–H groups in total. The molecule has 0 aliphatic carbocycles. The van der Waals surface area contributed by atoms with Crippen LogP contribution in [0.15, 0.2) is 16.8 Å². The second-order valence-electron chi connectivity index (χ2n) is 4.45.